The maximum absolute atomic E-state index is 5.31. The zero-order valence-electron chi connectivity index (χ0n) is 32.9. The minimum absolute atomic E-state index is 0.117. The van der Waals surface area contributed by atoms with Crippen molar-refractivity contribution in [2.24, 2.45) is 0 Å². The Morgan fingerprint density at radius 2 is 0.814 bits per heavy atom. The summed E-state index contributed by atoms with van der Waals surface area (Å²) in [4.78, 5) is 10.6. The molecule has 0 radical (unpaired) electrons. The average molecular weight is 751 g/mol. The molecule has 0 N–H and O–H groups in total. The SMILES string of the molecule is CC1(C)c2cc(-c3ccc(-c4cc(-c5ccc6c7ccccc7c7ccccc7c6c5)nc(-c5ccccc5)n4)c4ccccc34)ccc2-c2cc3ccccc3cc21. The second-order valence-electron chi connectivity index (χ2n) is 16.5. The lowest BCUT2D eigenvalue weighted by Crippen LogP contribution is -2.15. The van der Waals surface area contributed by atoms with Crippen LogP contribution in [-0.4, -0.2) is 9.97 Å². The maximum atomic E-state index is 5.31. The molecule has 1 aromatic heterocycles. The summed E-state index contributed by atoms with van der Waals surface area (Å²) in [6, 6.07) is 70.7. The highest BCUT2D eigenvalue weighted by molar-refractivity contribution is 6.25. The van der Waals surface area contributed by atoms with Gasteiger partial charge in [0.25, 0.3) is 0 Å². The van der Waals surface area contributed by atoms with E-state index < -0.39 is 0 Å². The molecule has 0 spiro atoms. The second kappa shape index (κ2) is 12.8. The van der Waals surface area contributed by atoms with Crippen LogP contribution in [0, 0.1) is 0 Å². The molecule has 12 rings (SSSR count). The molecule has 0 saturated heterocycles. The fourth-order valence-corrected chi connectivity index (χ4v) is 9.88. The second-order valence-corrected chi connectivity index (χ2v) is 16.5. The van der Waals surface area contributed by atoms with Gasteiger partial charge < -0.3 is 0 Å². The van der Waals surface area contributed by atoms with E-state index in [0.717, 1.165) is 28.1 Å². The summed E-state index contributed by atoms with van der Waals surface area (Å²) < 4.78 is 0. The van der Waals surface area contributed by atoms with E-state index in [1.54, 1.807) is 0 Å². The minimum Gasteiger partial charge on any atom is -0.228 e. The molecule has 0 atom stereocenters. The zero-order valence-corrected chi connectivity index (χ0v) is 32.9. The molecule has 0 saturated carbocycles. The molecule has 11 aromatic rings. The summed E-state index contributed by atoms with van der Waals surface area (Å²) in [6.07, 6.45) is 0. The van der Waals surface area contributed by atoms with Gasteiger partial charge in [0.2, 0.25) is 0 Å². The highest BCUT2D eigenvalue weighted by Gasteiger charge is 2.36. The van der Waals surface area contributed by atoms with Gasteiger partial charge >= 0.3 is 0 Å². The number of aromatic nitrogens is 2. The monoisotopic (exact) mass is 750 g/mol. The Labute approximate surface area is 343 Å². The topological polar surface area (TPSA) is 25.8 Å². The highest BCUT2D eigenvalue weighted by atomic mass is 14.9. The van der Waals surface area contributed by atoms with E-state index >= 15 is 0 Å². The van der Waals surface area contributed by atoms with Crippen LogP contribution in [0.15, 0.2) is 194 Å². The molecule has 0 amide bonds. The quantitative estimate of drug-likeness (QED) is 0.167. The van der Waals surface area contributed by atoms with Gasteiger partial charge in [-0.15, -0.1) is 0 Å². The molecule has 0 unspecified atom stereocenters. The largest absolute Gasteiger partial charge is 0.228 e. The predicted octanol–water partition coefficient (Wildman–Crippen LogP) is 15.2. The van der Waals surface area contributed by atoms with Gasteiger partial charge in [0, 0.05) is 22.1 Å². The van der Waals surface area contributed by atoms with Crippen molar-refractivity contribution in [2.45, 2.75) is 19.3 Å². The van der Waals surface area contributed by atoms with E-state index in [2.05, 4.69) is 202 Å². The molecule has 0 fully saturated rings. The summed E-state index contributed by atoms with van der Waals surface area (Å²) in [5, 5.41) is 12.5. The third-order valence-corrected chi connectivity index (χ3v) is 12.9. The Kier molecular flexibility index (Phi) is 7.31. The van der Waals surface area contributed by atoms with Gasteiger partial charge in [-0.1, -0.05) is 178 Å². The van der Waals surface area contributed by atoms with E-state index in [-0.39, 0.29) is 5.41 Å². The summed E-state index contributed by atoms with van der Waals surface area (Å²) in [5.74, 6) is 0.711. The molecule has 1 aliphatic carbocycles. The lowest BCUT2D eigenvalue weighted by molar-refractivity contribution is 0.661. The third kappa shape index (κ3) is 5.20. The highest BCUT2D eigenvalue weighted by Crippen LogP contribution is 2.51. The van der Waals surface area contributed by atoms with E-state index in [1.807, 2.05) is 6.07 Å². The molecule has 10 aromatic carbocycles. The Balaban J connectivity index is 1.02. The van der Waals surface area contributed by atoms with Crippen LogP contribution in [0.25, 0.3) is 110 Å². The van der Waals surface area contributed by atoms with Gasteiger partial charge in [-0.05, 0) is 118 Å². The molecule has 0 aliphatic heterocycles. The Bertz CT molecular complexity index is 3490. The standard InChI is InChI=1S/C57H38N2/c1-57(2)52-33-38(24-27-48(52)51-30-36-16-6-7-17-37(36)32-53(51)57)40-28-29-49(45-22-12-8-18-41(40)45)55-34-54(58-56(59-55)35-14-4-3-5-15-35)39-25-26-47-44-21-10-9-19-42(44)43-20-11-13-23-46(43)50(47)31-39/h3-34H,1-2H3. The normalized spacial score (nSPS) is 13.1. The van der Waals surface area contributed by atoms with Crippen LogP contribution in [-0.2, 0) is 5.41 Å². The molecule has 2 nitrogen and oxygen atoms in total. The summed E-state index contributed by atoms with van der Waals surface area (Å²) >= 11 is 0. The van der Waals surface area contributed by atoms with Crippen LogP contribution in [0.1, 0.15) is 25.0 Å². The van der Waals surface area contributed by atoms with E-state index in [1.165, 1.54) is 87.2 Å². The Morgan fingerprint density at radius 1 is 0.305 bits per heavy atom. The smallest absolute Gasteiger partial charge is 0.160 e. The zero-order chi connectivity index (χ0) is 39.2. The van der Waals surface area contributed by atoms with Gasteiger partial charge in [0.15, 0.2) is 5.82 Å². The Hall–Kier alpha value is -7.42. The van der Waals surface area contributed by atoms with Crippen molar-refractivity contribution in [1.82, 2.24) is 9.97 Å². The van der Waals surface area contributed by atoms with Gasteiger partial charge in [0.1, 0.15) is 0 Å². The van der Waals surface area contributed by atoms with E-state index in [9.17, 15) is 0 Å². The Morgan fingerprint density at radius 3 is 1.53 bits per heavy atom. The number of nitrogens with zero attached hydrogens (tertiary/aromatic N) is 2. The fourth-order valence-electron chi connectivity index (χ4n) is 9.88. The van der Waals surface area contributed by atoms with Crippen molar-refractivity contribution < 1.29 is 0 Å². The third-order valence-electron chi connectivity index (χ3n) is 12.9. The molecule has 276 valence electrons. The van der Waals surface area contributed by atoms with Crippen molar-refractivity contribution in [3.05, 3.63) is 205 Å². The van der Waals surface area contributed by atoms with Crippen LogP contribution in [0.4, 0.5) is 0 Å². The molecule has 0 bridgehead atoms. The maximum Gasteiger partial charge on any atom is 0.160 e. The summed E-state index contributed by atoms with van der Waals surface area (Å²) in [5.41, 5.74) is 12.7. The molecular weight excluding hydrogens is 713 g/mol. The number of fused-ring (bicyclic) bond motifs is 11. The lowest BCUT2D eigenvalue weighted by Gasteiger charge is -2.22. The van der Waals surface area contributed by atoms with Crippen LogP contribution in [0.5, 0.6) is 0 Å². The molecule has 1 heterocycles. The predicted molar refractivity (Wildman–Crippen MR) is 249 cm³/mol. The van der Waals surface area contributed by atoms with Crippen LogP contribution < -0.4 is 0 Å². The minimum atomic E-state index is -0.117. The molecular formula is C57H38N2. The van der Waals surface area contributed by atoms with Crippen molar-refractivity contribution in [3.63, 3.8) is 0 Å². The van der Waals surface area contributed by atoms with Crippen LogP contribution >= 0.6 is 0 Å². The summed E-state index contributed by atoms with van der Waals surface area (Å²) in [6.45, 7) is 4.74. The number of hydrogen-bond donors (Lipinski definition) is 0. The lowest BCUT2D eigenvalue weighted by atomic mass is 9.81. The molecule has 1 aliphatic rings. The number of rotatable bonds is 4. The van der Waals surface area contributed by atoms with Crippen molar-refractivity contribution >= 4 is 53.9 Å². The van der Waals surface area contributed by atoms with Crippen molar-refractivity contribution in [2.75, 3.05) is 0 Å². The molecule has 59 heavy (non-hydrogen) atoms. The number of hydrogen-bond acceptors (Lipinski definition) is 2. The molecule has 2 heteroatoms. The van der Waals surface area contributed by atoms with Gasteiger partial charge in [-0.3, -0.25) is 0 Å². The fraction of sp³-hybridized carbons (Fsp3) is 0.0526. The van der Waals surface area contributed by atoms with Gasteiger partial charge in [0.05, 0.1) is 11.4 Å². The number of benzene rings is 10. The van der Waals surface area contributed by atoms with Crippen molar-refractivity contribution in [1.29, 1.82) is 0 Å². The first-order valence-electron chi connectivity index (χ1n) is 20.5. The first kappa shape index (κ1) is 33.7. The first-order valence-corrected chi connectivity index (χ1v) is 20.5. The van der Waals surface area contributed by atoms with Crippen LogP contribution in [0.2, 0.25) is 0 Å². The van der Waals surface area contributed by atoms with Crippen molar-refractivity contribution in [3.8, 4) is 56.2 Å². The first-order chi connectivity index (χ1) is 29.0. The van der Waals surface area contributed by atoms with E-state index in [0.29, 0.717) is 5.82 Å². The summed E-state index contributed by atoms with van der Waals surface area (Å²) in [7, 11) is 0. The van der Waals surface area contributed by atoms with E-state index in [4.69, 9.17) is 9.97 Å². The van der Waals surface area contributed by atoms with Gasteiger partial charge in [-0.2, -0.15) is 0 Å². The van der Waals surface area contributed by atoms with Crippen LogP contribution in [0.3, 0.4) is 0 Å². The average Bonchev–Trinajstić information content (AvgIpc) is 3.52. The van der Waals surface area contributed by atoms with Gasteiger partial charge in [-0.25, -0.2) is 9.97 Å².